The number of fused-ring (bicyclic) bond motifs is 1. The van der Waals surface area contributed by atoms with Gasteiger partial charge in [-0.25, -0.2) is 8.42 Å². The van der Waals surface area contributed by atoms with Crippen molar-refractivity contribution in [2.75, 3.05) is 30.1 Å². The lowest BCUT2D eigenvalue weighted by molar-refractivity contribution is -0.121. The maximum atomic E-state index is 12.0. The maximum absolute atomic E-state index is 12.0. The van der Waals surface area contributed by atoms with Gasteiger partial charge in [0.1, 0.15) is 6.61 Å². The Kier molecular flexibility index (Phi) is 5.13. The van der Waals surface area contributed by atoms with E-state index < -0.39 is 15.7 Å². The van der Waals surface area contributed by atoms with E-state index in [1.165, 1.54) is 18.9 Å². The van der Waals surface area contributed by atoms with Crippen LogP contribution in [0.25, 0.3) is 0 Å². The minimum absolute atomic E-state index is 0.00893. The van der Waals surface area contributed by atoms with Gasteiger partial charge in [-0.3, -0.25) is 4.79 Å². The number of nitrogens with zero attached hydrogens (tertiary/aromatic N) is 2. The van der Waals surface area contributed by atoms with Crippen molar-refractivity contribution < 1.29 is 17.9 Å². The zero-order valence-electron chi connectivity index (χ0n) is 12.6. The van der Waals surface area contributed by atoms with Crippen LogP contribution in [0.1, 0.15) is 0 Å². The number of amidine groups is 1. The summed E-state index contributed by atoms with van der Waals surface area (Å²) >= 11 is 13.7. The molecule has 130 valence electrons. The predicted octanol–water partition coefficient (Wildman–Crippen LogP) is 2.24. The molecular weight excluding hydrogens is 395 g/mol. The molecule has 2 aliphatic heterocycles. The van der Waals surface area contributed by atoms with Crippen LogP contribution < -0.4 is 4.90 Å². The Morgan fingerprint density at radius 1 is 1.42 bits per heavy atom. The molecule has 2 unspecified atom stereocenters. The summed E-state index contributed by atoms with van der Waals surface area (Å²) in [4.78, 5) is 17.6. The van der Waals surface area contributed by atoms with Gasteiger partial charge in [-0.05, 0) is 12.1 Å². The smallest absolute Gasteiger partial charge is 0.274 e. The zero-order chi connectivity index (χ0) is 17.5. The molecule has 0 aromatic heterocycles. The van der Waals surface area contributed by atoms with E-state index in [9.17, 15) is 13.2 Å². The first-order chi connectivity index (χ1) is 11.3. The number of anilines is 1. The van der Waals surface area contributed by atoms with Crippen molar-refractivity contribution >= 4 is 61.6 Å². The Hall–Kier alpha value is -0.800. The largest absolute Gasteiger partial charge is 0.375 e. The second-order valence-corrected chi connectivity index (χ2v) is 9.61. The lowest BCUT2D eigenvalue weighted by Crippen LogP contribution is -2.38. The fourth-order valence-electron chi connectivity index (χ4n) is 2.79. The number of aliphatic imine (C=N–C) groups is 1. The molecule has 0 radical (unpaired) electrons. The maximum Gasteiger partial charge on any atom is 0.274 e. The molecule has 2 fully saturated rings. The summed E-state index contributed by atoms with van der Waals surface area (Å²) in [6.45, 7) is -0.144. The molecule has 0 N–H and O–H groups in total. The van der Waals surface area contributed by atoms with Crippen LogP contribution >= 0.6 is 35.0 Å². The first-order valence-electron chi connectivity index (χ1n) is 7.03. The molecule has 3 rings (SSSR count). The van der Waals surface area contributed by atoms with E-state index in [1.54, 1.807) is 23.1 Å². The number of carbonyl (C=O) groups excluding carboxylic acids is 1. The van der Waals surface area contributed by atoms with Crippen molar-refractivity contribution in [2.24, 2.45) is 4.99 Å². The topological polar surface area (TPSA) is 76.0 Å². The first kappa shape index (κ1) is 18.0. The Balaban J connectivity index is 2.05. The number of carbonyl (C=O) groups is 1. The minimum atomic E-state index is -3.13. The standard InChI is InChI=1S/C14H14Cl2N2O4S2/c1-22-5-12(19)17-14-18(9-4-2-3-8(15)13(9)16)10-6-24(20,21)7-11(10)23-14/h2-4,10-11H,5-7H2,1H3. The molecule has 2 saturated heterocycles. The van der Waals surface area contributed by atoms with Gasteiger partial charge in [0.2, 0.25) is 0 Å². The third-order valence-electron chi connectivity index (χ3n) is 3.75. The van der Waals surface area contributed by atoms with Crippen molar-refractivity contribution in [3.8, 4) is 0 Å². The van der Waals surface area contributed by atoms with Crippen molar-refractivity contribution in [3.63, 3.8) is 0 Å². The predicted molar refractivity (Wildman–Crippen MR) is 97.1 cm³/mol. The lowest BCUT2D eigenvalue weighted by atomic mass is 10.2. The number of benzene rings is 1. The van der Waals surface area contributed by atoms with E-state index in [1.807, 2.05) is 0 Å². The van der Waals surface area contributed by atoms with E-state index in [2.05, 4.69) is 4.99 Å². The number of hydrogen-bond donors (Lipinski definition) is 0. The lowest BCUT2D eigenvalue weighted by Gasteiger charge is -2.25. The Labute approximate surface area is 154 Å². The van der Waals surface area contributed by atoms with Crippen LogP contribution in [0.2, 0.25) is 10.0 Å². The monoisotopic (exact) mass is 408 g/mol. The fourth-order valence-corrected chi connectivity index (χ4v) is 7.10. The van der Waals surface area contributed by atoms with E-state index in [-0.39, 0.29) is 29.4 Å². The van der Waals surface area contributed by atoms with E-state index in [4.69, 9.17) is 27.9 Å². The minimum Gasteiger partial charge on any atom is -0.375 e. The molecule has 2 heterocycles. The SMILES string of the molecule is COCC(=O)N=C1SC2CS(=O)(=O)CC2N1c1cccc(Cl)c1Cl. The number of sulfone groups is 1. The fraction of sp³-hybridized carbons (Fsp3) is 0.429. The summed E-state index contributed by atoms with van der Waals surface area (Å²) < 4.78 is 28.8. The molecule has 1 aromatic carbocycles. The first-order valence-corrected chi connectivity index (χ1v) is 10.5. The van der Waals surface area contributed by atoms with Crippen molar-refractivity contribution in [3.05, 3.63) is 28.2 Å². The highest BCUT2D eigenvalue weighted by molar-refractivity contribution is 8.16. The van der Waals surface area contributed by atoms with Gasteiger partial charge in [-0.2, -0.15) is 4.99 Å². The Morgan fingerprint density at radius 2 is 2.17 bits per heavy atom. The molecular formula is C14H14Cl2N2O4S2. The van der Waals surface area contributed by atoms with Crippen LogP contribution in [-0.4, -0.2) is 56.0 Å². The number of methoxy groups -OCH3 is 1. The molecule has 6 nitrogen and oxygen atoms in total. The van der Waals surface area contributed by atoms with Gasteiger partial charge in [0.25, 0.3) is 5.91 Å². The van der Waals surface area contributed by atoms with Crippen molar-refractivity contribution in [1.82, 2.24) is 0 Å². The molecule has 1 amide bonds. The number of amides is 1. The third-order valence-corrected chi connectivity index (χ3v) is 7.76. The van der Waals surface area contributed by atoms with Crippen LogP contribution in [0.4, 0.5) is 5.69 Å². The molecule has 0 bridgehead atoms. The molecule has 0 spiro atoms. The van der Waals surface area contributed by atoms with Gasteiger partial charge >= 0.3 is 0 Å². The van der Waals surface area contributed by atoms with Crippen LogP contribution in [0.3, 0.4) is 0 Å². The highest BCUT2D eigenvalue weighted by Crippen LogP contribution is 2.44. The van der Waals surface area contributed by atoms with Gasteiger partial charge in [-0.15, -0.1) is 0 Å². The summed E-state index contributed by atoms with van der Waals surface area (Å²) in [6.07, 6.45) is 0. The second-order valence-electron chi connectivity index (χ2n) is 5.46. The highest BCUT2D eigenvalue weighted by atomic mass is 35.5. The third kappa shape index (κ3) is 3.43. The summed E-state index contributed by atoms with van der Waals surface area (Å²) in [6, 6.07) is 4.77. The average Bonchev–Trinajstić information content (AvgIpc) is 2.94. The quantitative estimate of drug-likeness (QED) is 0.762. The van der Waals surface area contributed by atoms with Gasteiger partial charge < -0.3 is 9.64 Å². The van der Waals surface area contributed by atoms with Crippen LogP contribution in [0.5, 0.6) is 0 Å². The number of hydrogen-bond acceptors (Lipinski definition) is 5. The van der Waals surface area contributed by atoms with Crippen LogP contribution in [0.15, 0.2) is 23.2 Å². The normalized spacial score (nSPS) is 26.8. The number of halogens is 2. The van der Waals surface area contributed by atoms with Gasteiger partial charge in [0.05, 0.1) is 33.3 Å². The molecule has 1 aromatic rings. The Morgan fingerprint density at radius 3 is 2.88 bits per heavy atom. The summed E-state index contributed by atoms with van der Waals surface area (Å²) in [7, 11) is -1.73. The van der Waals surface area contributed by atoms with E-state index >= 15 is 0 Å². The molecule has 0 saturated carbocycles. The number of rotatable bonds is 3. The molecule has 24 heavy (non-hydrogen) atoms. The molecule has 2 aliphatic rings. The summed E-state index contributed by atoms with van der Waals surface area (Å²) in [5.74, 6) is -0.398. The van der Waals surface area contributed by atoms with Crippen molar-refractivity contribution in [1.29, 1.82) is 0 Å². The van der Waals surface area contributed by atoms with E-state index in [0.29, 0.717) is 20.9 Å². The van der Waals surface area contributed by atoms with Crippen LogP contribution in [0, 0.1) is 0 Å². The summed E-state index contributed by atoms with van der Waals surface area (Å²) in [5, 5.41) is 0.882. The zero-order valence-corrected chi connectivity index (χ0v) is 15.8. The molecule has 0 aliphatic carbocycles. The Bertz CT molecular complexity index is 813. The second kappa shape index (κ2) is 6.84. The van der Waals surface area contributed by atoms with E-state index in [0.717, 1.165) is 0 Å². The number of ether oxygens (including phenoxy) is 1. The van der Waals surface area contributed by atoms with Crippen molar-refractivity contribution in [2.45, 2.75) is 11.3 Å². The number of thioether (sulfide) groups is 1. The highest BCUT2D eigenvalue weighted by Gasteiger charge is 2.49. The molecule has 10 heteroatoms. The van der Waals surface area contributed by atoms with Crippen LogP contribution in [-0.2, 0) is 19.4 Å². The average molecular weight is 409 g/mol. The summed E-state index contributed by atoms with van der Waals surface area (Å²) in [5.41, 5.74) is 0.547. The van der Waals surface area contributed by atoms with Gasteiger partial charge in [0.15, 0.2) is 15.0 Å². The van der Waals surface area contributed by atoms with Gasteiger partial charge in [0, 0.05) is 12.4 Å². The van der Waals surface area contributed by atoms with Gasteiger partial charge in [-0.1, -0.05) is 41.0 Å². The molecule has 2 atom stereocenters.